The lowest BCUT2D eigenvalue weighted by Gasteiger charge is -2.21. The minimum Gasteiger partial charge on any atom is -0.295 e. The standard InChI is InChI=1S/C21H19N3O2/c25-24(26)21-18(15-9-3-1-4-10-15)19(16-11-5-2-6-12-16)23-20(21)17-13-7-8-14-22-17/h1-14,18-21,23H/t18-,19-,20+,21+/m1/s1. The van der Waals surface area contributed by atoms with Gasteiger partial charge >= 0.3 is 0 Å². The van der Waals surface area contributed by atoms with Crippen LogP contribution in [0.2, 0.25) is 0 Å². The average molecular weight is 345 g/mol. The van der Waals surface area contributed by atoms with Crippen LogP contribution in [0.15, 0.2) is 85.1 Å². The van der Waals surface area contributed by atoms with Gasteiger partial charge in [0.25, 0.3) is 0 Å². The van der Waals surface area contributed by atoms with Gasteiger partial charge in [0.1, 0.15) is 6.04 Å². The van der Waals surface area contributed by atoms with Crippen LogP contribution in [0.25, 0.3) is 0 Å². The molecule has 2 heterocycles. The van der Waals surface area contributed by atoms with Crippen molar-refractivity contribution in [3.63, 3.8) is 0 Å². The Hall–Kier alpha value is -3.05. The highest BCUT2D eigenvalue weighted by Crippen LogP contribution is 2.46. The van der Waals surface area contributed by atoms with E-state index in [4.69, 9.17) is 0 Å². The molecule has 0 bridgehead atoms. The van der Waals surface area contributed by atoms with E-state index in [0.29, 0.717) is 5.69 Å². The zero-order chi connectivity index (χ0) is 17.9. The van der Waals surface area contributed by atoms with E-state index in [1.54, 1.807) is 6.20 Å². The largest absolute Gasteiger partial charge is 0.295 e. The van der Waals surface area contributed by atoms with E-state index < -0.39 is 12.1 Å². The maximum Gasteiger partial charge on any atom is 0.242 e. The lowest BCUT2D eigenvalue weighted by molar-refractivity contribution is -0.527. The fourth-order valence-electron chi connectivity index (χ4n) is 3.90. The van der Waals surface area contributed by atoms with Gasteiger partial charge in [-0.1, -0.05) is 66.7 Å². The number of benzene rings is 2. The van der Waals surface area contributed by atoms with Gasteiger partial charge in [0.2, 0.25) is 6.04 Å². The fourth-order valence-corrected chi connectivity index (χ4v) is 3.90. The summed E-state index contributed by atoms with van der Waals surface area (Å²) >= 11 is 0. The molecule has 130 valence electrons. The highest BCUT2D eigenvalue weighted by molar-refractivity contribution is 5.34. The molecule has 1 aliphatic heterocycles. The van der Waals surface area contributed by atoms with E-state index in [9.17, 15) is 10.1 Å². The number of hydrogen-bond acceptors (Lipinski definition) is 4. The Morgan fingerprint density at radius 3 is 2.00 bits per heavy atom. The van der Waals surface area contributed by atoms with Crippen LogP contribution >= 0.6 is 0 Å². The third-order valence-corrected chi connectivity index (χ3v) is 5.02. The van der Waals surface area contributed by atoms with Crippen LogP contribution in [0.4, 0.5) is 0 Å². The number of hydrogen-bond donors (Lipinski definition) is 1. The topological polar surface area (TPSA) is 68.1 Å². The third kappa shape index (κ3) is 2.97. The molecule has 1 fully saturated rings. The van der Waals surface area contributed by atoms with E-state index in [2.05, 4.69) is 10.3 Å². The first-order valence-corrected chi connectivity index (χ1v) is 8.66. The molecule has 0 saturated carbocycles. The predicted octanol–water partition coefficient (Wildman–Crippen LogP) is 3.90. The number of aromatic nitrogens is 1. The van der Waals surface area contributed by atoms with Crippen LogP contribution in [0.5, 0.6) is 0 Å². The molecule has 4 rings (SSSR count). The zero-order valence-corrected chi connectivity index (χ0v) is 14.1. The van der Waals surface area contributed by atoms with Gasteiger partial charge < -0.3 is 0 Å². The van der Waals surface area contributed by atoms with Gasteiger partial charge in [0.05, 0.1) is 11.6 Å². The minimum atomic E-state index is -0.794. The van der Waals surface area contributed by atoms with Crippen LogP contribution in [0.3, 0.4) is 0 Å². The molecular formula is C21H19N3O2. The van der Waals surface area contributed by atoms with Crippen LogP contribution in [0, 0.1) is 10.1 Å². The smallest absolute Gasteiger partial charge is 0.242 e. The van der Waals surface area contributed by atoms with Crippen molar-refractivity contribution in [2.75, 3.05) is 0 Å². The second kappa shape index (κ2) is 7.06. The first-order chi connectivity index (χ1) is 12.8. The van der Waals surface area contributed by atoms with Gasteiger partial charge in [0.15, 0.2) is 0 Å². The summed E-state index contributed by atoms with van der Waals surface area (Å²) in [5.74, 6) is -0.277. The van der Waals surface area contributed by atoms with E-state index in [1.807, 2.05) is 78.9 Å². The van der Waals surface area contributed by atoms with Crippen LogP contribution < -0.4 is 5.32 Å². The molecule has 1 saturated heterocycles. The number of pyridine rings is 1. The first kappa shape index (κ1) is 16.4. The molecule has 26 heavy (non-hydrogen) atoms. The Balaban J connectivity index is 1.83. The predicted molar refractivity (Wildman–Crippen MR) is 99.3 cm³/mol. The summed E-state index contributed by atoms with van der Waals surface area (Å²) in [6.07, 6.45) is 1.68. The maximum atomic E-state index is 12.1. The molecule has 5 nitrogen and oxygen atoms in total. The highest BCUT2D eigenvalue weighted by atomic mass is 16.6. The van der Waals surface area contributed by atoms with Gasteiger partial charge in [-0.3, -0.25) is 20.4 Å². The molecule has 0 radical (unpaired) electrons. The Kier molecular flexibility index (Phi) is 4.46. The molecule has 0 spiro atoms. The molecule has 0 amide bonds. The average Bonchev–Trinajstić information content (AvgIpc) is 3.11. The molecule has 1 N–H and O–H groups in total. The van der Waals surface area contributed by atoms with E-state index >= 15 is 0 Å². The van der Waals surface area contributed by atoms with Gasteiger partial charge in [-0.25, -0.2) is 0 Å². The highest BCUT2D eigenvalue weighted by Gasteiger charge is 2.52. The van der Waals surface area contributed by atoms with Crippen molar-refractivity contribution in [2.45, 2.75) is 24.0 Å². The summed E-state index contributed by atoms with van der Waals surface area (Å²) in [5.41, 5.74) is 2.72. The summed E-state index contributed by atoms with van der Waals surface area (Å²) in [6, 6.07) is 23.8. The van der Waals surface area contributed by atoms with Gasteiger partial charge in [0, 0.05) is 17.2 Å². The second-order valence-electron chi connectivity index (χ2n) is 6.50. The summed E-state index contributed by atoms with van der Waals surface area (Å²) in [6.45, 7) is 0. The van der Waals surface area contributed by atoms with Crippen molar-refractivity contribution >= 4 is 0 Å². The van der Waals surface area contributed by atoms with E-state index in [0.717, 1.165) is 11.1 Å². The Morgan fingerprint density at radius 1 is 0.808 bits per heavy atom. The number of rotatable bonds is 4. The minimum absolute atomic E-state index is 0.152. The van der Waals surface area contributed by atoms with Gasteiger partial charge in [-0.05, 0) is 23.3 Å². The van der Waals surface area contributed by atoms with Crippen molar-refractivity contribution in [1.82, 2.24) is 10.3 Å². The normalized spacial score (nSPS) is 25.1. The number of nitrogens with one attached hydrogen (secondary N) is 1. The van der Waals surface area contributed by atoms with Crippen LogP contribution in [0.1, 0.15) is 34.8 Å². The van der Waals surface area contributed by atoms with Crippen LogP contribution in [-0.2, 0) is 0 Å². The number of nitrogens with zero attached hydrogens (tertiary/aromatic N) is 2. The second-order valence-corrected chi connectivity index (χ2v) is 6.50. The SMILES string of the molecule is O=[N+]([O-])[C@H]1[C@H](c2ccccc2)[C@@H](c2ccccc2)N[C@H]1c1ccccn1. The van der Waals surface area contributed by atoms with Gasteiger partial charge in [-0.2, -0.15) is 0 Å². The third-order valence-electron chi connectivity index (χ3n) is 5.02. The lowest BCUT2D eigenvalue weighted by Crippen LogP contribution is -2.31. The molecule has 4 atom stereocenters. The summed E-state index contributed by atoms with van der Waals surface area (Å²) in [5, 5.41) is 15.6. The molecule has 2 aromatic carbocycles. The Labute approximate surface area is 151 Å². The van der Waals surface area contributed by atoms with E-state index in [1.165, 1.54) is 0 Å². The van der Waals surface area contributed by atoms with Crippen molar-refractivity contribution in [3.05, 3.63) is 112 Å². The molecule has 5 heteroatoms. The van der Waals surface area contributed by atoms with Crippen LogP contribution in [-0.4, -0.2) is 15.9 Å². The monoisotopic (exact) mass is 345 g/mol. The summed E-state index contributed by atoms with van der Waals surface area (Å²) in [7, 11) is 0. The number of nitro groups is 1. The zero-order valence-electron chi connectivity index (χ0n) is 14.1. The molecular weight excluding hydrogens is 326 g/mol. The Morgan fingerprint density at radius 2 is 1.42 bits per heavy atom. The van der Waals surface area contributed by atoms with Crippen molar-refractivity contribution < 1.29 is 4.92 Å². The van der Waals surface area contributed by atoms with E-state index in [-0.39, 0.29) is 16.9 Å². The Bertz CT molecular complexity index is 872. The maximum absolute atomic E-state index is 12.1. The van der Waals surface area contributed by atoms with Crippen molar-refractivity contribution in [3.8, 4) is 0 Å². The summed E-state index contributed by atoms with van der Waals surface area (Å²) in [4.78, 5) is 16.3. The fraction of sp³-hybridized carbons (Fsp3) is 0.190. The molecule has 1 aliphatic rings. The first-order valence-electron chi connectivity index (χ1n) is 8.66. The quantitative estimate of drug-likeness (QED) is 0.575. The molecule has 0 unspecified atom stereocenters. The van der Waals surface area contributed by atoms with Crippen molar-refractivity contribution in [2.24, 2.45) is 0 Å². The lowest BCUT2D eigenvalue weighted by atomic mass is 9.83. The molecule has 3 aromatic rings. The summed E-state index contributed by atoms with van der Waals surface area (Å²) < 4.78 is 0. The van der Waals surface area contributed by atoms with Crippen molar-refractivity contribution in [1.29, 1.82) is 0 Å². The molecule has 1 aromatic heterocycles. The van der Waals surface area contributed by atoms with Gasteiger partial charge in [-0.15, -0.1) is 0 Å². The molecule has 0 aliphatic carbocycles.